The van der Waals surface area contributed by atoms with Gasteiger partial charge in [-0.2, -0.15) is 0 Å². The van der Waals surface area contributed by atoms with Crippen LogP contribution in [0.5, 0.6) is 0 Å². The minimum absolute atomic E-state index is 0.134. The van der Waals surface area contributed by atoms with Crippen molar-refractivity contribution in [3.63, 3.8) is 0 Å². The number of aliphatic carboxylic acids is 1. The van der Waals surface area contributed by atoms with Crippen LogP contribution >= 0.6 is 7.82 Å². The van der Waals surface area contributed by atoms with Crippen molar-refractivity contribution in [2.45, 2.75) is 129 Å². The average Bonchev–Trinajstić information content (AvgIpc) is 3.08. The van der Waals surface area contributed by atoms with Gasteiger partial charge in [0, 0.05) is 12.8 Å². The summed E-state index contributed by atoms with van der Waals surface area (Å²) in [5.41, 5.74) is 0. The van der Waals surface area contributed by atoms with E-state index in [4.69, 9.17) is 9.26 Å². The molecule has 12 heteroatoms. The number of hydrogen-bond acceptors (Lipinski definition) is 8. The Kier molecular flexibility index (Phi) is 31.0. The molecule has 0 heterocycles. The quantitative estimate of drug-likeness (QED) is 0.0230. The summed E-state index contributed by atoms with van der Waals surface area (Å²) >= 11 is 0. The van der Waals surface area contributed by atoms with E-state index in [9.17, 15) is 34.1 Å². The number of carboxylic acid groups (broad SMARTS) is 1. The van der Waals surface area contributed by atoms with Gasteiger partial charge in [0.05, 0.1) is 13.2 Å². The van der Waals surface area contributed by atoms with Gasteiger partial charge in [0.25, 0.3) is 0 Å². The molecule has 3 unspecified atom stereocenters. The van der Waals surface area contributed by atoms with Crippen molar-refractivity contribution in [1.82, 2.24) is 5.32 Å². The molecule has 11 nitrogen and oxygen atoms in total. The van der Waals surface area contributed by atoms with Crippen molar-refractivity contribution in [2.75, 3.05) is 19.8 Å². The number of esters is 1. The van der Waals surface area contributed by atoms with E-state index in [1.807, 2.05) is 0 Å². The summed E-state index contributed by atoms with van der Waals surface area (Å²) in [5, 5.41) is 21.5. The van der Waals surface area contributed by atoms with Crippen LogP contribution in [0, 0.1) is 0 Å². The highest BCUT2D eigenvalue weighted by Crippen LogP contribution is 2.43. The monoisotopic (exact) mass is 723 g/mol. The van der Waals surface area contributed by atoms with Crippen LogP contribution < -0.4 is 5.32 Å². The number of phosphoric acid groups is 1. The molecular formula is C38H62NO10P. The van der Waals surface area contributed by atoms with Gasteiger partial charge in [0.1, 0.15) is 12.7 Å². The first-order valence-corrected chi connectivity index (χ1v) is 19.5. The van der Waals surface area contributed by atoms with Crippen LogP contribution in [0.2, 0.25) is 0 Å². The SMILES string of the molecule is CC/C=C\C/C=C\C/C=C\C/C=C\C/C=C\C/C=C\CCCCC(=O)OCC(O)COP(=O)(O)OCC(NC(=O)CCCCCCC)C(=O)O. The Morgan fingerprint density at radius 2 is 1.16 bits per heavy atom. The maximum atomic E-state index is 12.1. The van der Waals surface area contributed by atoms with Crippen LogP contribution in [0.3, 0.4) is 0 Å². The molecule has 0 spiro atoms. The lowest BCUT2D eigenvalue weighted by Gasteiger charge is -2.18. The number of rotatable bonds is 32. The van der Waals surface area contributed by atoms with Crippen molar-refractivity contribution in [3.8, 4) is 0 Å². The summed E-state index contributed by atoms with van der Waals surface area (Å²) in [6, 6.07) is -1.55. The molecule has 50 heavy (non-hydrogen) atoms. The minimum Gasteiger partial charge on any atom is -0.480 e. The van der Waals surface area contributed by atoms with Gasteiger partial charge < -0.3 is 25.2 Å². The van der Waals surface area contributed by atoms with E-state index in [0.29, 0.717) is 12.8 Å². The van der Waals surface area contributed by atoms with Crippen molar-refractivity contribution in [1.29, 1.82) is 0 Å². The molecule has 284 valence electrons. The van der Waals surface area contributed by atoms with Crippen LogP contribution in [0.4, 0.5) is 0 Å². The molecule has 0 aromatic heterocycles. The predicted molar refractivity (Wildman–Crippen MR) is 198 cm³/mol. The van der Waals surface area contributed by atoms with Gasteiger partial charge in [-0.3, -0.25) is 18.6 Å². The highest BCUT2D eigenvalue weighted by atomic mass is 31.2. The predicted octanol–water partition coefficient (Wildman–Crippen LogP) is 8.21. The standard InChI is InChI=1S/C38H62NO10P/c1-3-5-7-9-10-11-12-13-14-15-16-17-18-19-20-21-22-23-24-26-28-30-37(42)47-31-34(40)32-48-50(45,46)49-33-35(38(43)44)39-36(41)29-27-25-8-6-4-2/h5,7,10-11,13-14,16-17,19-20,22-23,34-35,40H,3-4,6,8-9,12,15,18,21,24-33H2,1-2H3,(H,39,41)(H,43,44)(H,45,46)/b7-5-,11-10-,14-13-,17-16-,20-19-,23-22-. The molecule has 0 aliphatic carbocycles. The second kappa shape index (κ2) is 33.1. The second-order valence-electron chi connectivity index (χ2n) is 11.7. The molecule has 1 amide bonds. The molecule has 4 N–H and O–H groups in total. The number of amides is 1. The summed E-state index contributed by atoms with van der Waals surface area (Å²) in [6.07, 6.45) is 37.2. The van der Waals surface area contributed by atoms with Gasteiger partial charge in [-0.15, -0.1) is 0 Å². The van der Waals surface area contributed by atoms with Crippen LogP contribution in [0.15, 0.2) is 72.9 Å². The zero-order valence-corrected chi connectivity index (χ0v) is 31.1. The summed E-state index contributed by atoms with van der Waals surface area (Å²) < 4.78 is 26.5. The van der Waals surface area contributed by atoms with Gasteiger partial charge in [-0.1, -0.05) is 112 Å². The van der Waals surface area contributed by atoms with Crippen LogP contribution in [0.1, 0.15) is 117 Å². The number of aliphatic hydroxyl groups excluding tert-OH is 1. The Morgan fingerprint density at radius 3 is 1.70 bits per heavy atom. The van der Waals surface area contributed by atoms with Gasteiger partial charge in [0.15, 0.2) is 6.04 Å². The second-order valence-corrected chi connectivity index (χ2v) is 13.1. The summed E-state index contributed by atoms with van der Waals surface area (Å²) in [7, 11) is -4.75. The summed E-state index contributed by atoms with van der Waals surface area (Å²) in [4.78, 5) is 45.2. The normalized spacial score (nSPS) is 14.8. The zero-order chi connectivity index (χ0) is 37.1. The fourth-order valence-electron chi connectivity index (χ4n) is 4.20. The van der Waals surface area contributed by atoms with E-state index in [1.165, 1.54) is 0 Å². The van der Waals surface area contributed by atoms with Crippen LogP contribution in [0.25, 0.3) is 0 Å². The summed E-state index contributed by atoms with van der Waals surface area (Å²) in [6.45, 7) is 2.26. The number of unbranched alkanes of at least 4 members (excludes halogenated alkanes) is 6. The first-order chi connectivity index (χ1) is 24.1. The molecule has 0 saturated heterocycles. The van der Waals surface area contributed by atoms with Crippen molar-refractivity contribution < 1.29 is 47.8 Å². The van der Waals surface area contributed by atoms with E-state index >= 15 is 0 Å². The molecule has 0 radical (unpaired) electrons. The lowest BCUT2D eigenvalue weighted by atomic mass is 10.1. The molecule has 0 aliphatic rings. The molecule has 0 rings (SSSR count). The first-order valence-electron chi connectivity index (χ1n) is 18.0. The number of carbonyl (C=O) groups excluding carboxylic acids is 2. The summed E-state index contributed by atoms with van der Waals surface area (Å²) in [5.74, 6) is -2.45. The molecule has 0 aliphatic heterocycles. The van der Waals surface area contributed by atoms with E-state index in [-0.39, 0.29) is 12.8 Å². The third-order valence-electron chi connectivity index (χ3n) is 7.01. The Labute approximate surface area is 299 Å². The Morgan fingerprint density at radius 1 is 0.660 bits per heavy atom. The maximum absolute atomic E-state index is 12.1. The number of hydrogen-bond donors (Lipinski definition) is 4. The van der Waals surface area contributed by atoms with E-state index < -0.39 is 57.6 Å². The number of nitrogens with one attached hydrogen (secondary N) is 1. The molecule has 0 fully saturated rings. The average molecular weight is 724 g/mol. The lowest BCUT2D eigenvalue weighted by molar-refractivity contribution is -0.147. The maximum Gasteiger partial charge on any atom is 0.472 e. The van der Waals surface area contributed by atoms with Gasteiger partial charge in [-0.25, -0.2) is 9.36 Å². The smallest absolute Gasteiger partial charge is 0.472 e. The van der Waals surface area contributed by atoms with Crippen molar-refractivity contribution >= 4 is 25.7 Å². The number of aliphatic hydroxyl groups is 1. The third-order valence-corrected chi connectivity index (χ3v) is 7.96. The number of carboxylic acids is 1. The Bertz CT molecular complexity index is 1130. The largest absolute Gasteiger partial charge is 0.480 e. The zero-order valence-electron chi connectivity index (χ0n) is 30.2. The minimum atomic E-state index is -4.75. The highest BCUT2D eigenvalue weighted by molar-refractivity contribution is 7.47. The van der Waals surface area contributed by atoms with E-state index in [1.54, 1.807) is 0 Å². The van der Waals surface area contributed by atoms with E-state index in [0.717, 1.165) is 77.0 Å². The topological polar surface area (TPSA) is 169 Å². The third kappa shape index (κ3) is 32.1. The van der Waals surface area contributed by atoms with Crippen molar-refractivity contribution in [2.24, 2.45) is 0 Å². The fraction of sp³-hybridized carbons (Fsp3) is 0.605. The number of carbonyl (C=O) groups is 3. The van der Waals surface area contributed by atoms with Crippen LogP contribution in [-0.2, 0) is 32.7 Å². The lowest BCUT2D eigenvalue weighted by Crippen LogP contribution is -2.43. The molecular weight excluding hydrogens is 661 g/mol. The Balaban J connectivity index is 3.98. The van der Waals surface area contributed by atoms with Crippen molar-refractivity contribution in [3.05, 3.63) is 72.9 Å². The highest BCUT2D eigenvalue weighted by Gasteiger charge is 2.28. The number of ether oxygens (including phenoxy) is 1. The molecule has 0 aromatic carbocycles. The molecule has 3 atom stereocenters. The fourth-order valence-corrected chi connectivity index (χ4v) is 4.97. The Hall–Kier alpha value is -3.08. The number of allylic oxidation sites excluding steroid dienone is 12. The molecule has 0 aromatic rings. The number of phosphoric ester groups is 1. The van der Waals surface area contributed by atoms with Crippen LogP contribution in [-0.4, -0.2) is 64.9 Å². The van der Waals surface area contributed by atoms with Gasteiger partial charge in [0.2, 0.25) is 5.91 Å². The first kappa shape index (κ1) is 46.9. The van der Waals surface area contributed by atoms with E-state index in [2.05, 4.69) is 96.6 Å². The molecule has 0 bridgehead atoms. The van der Waals surface area contributed by atoms with Gasteiger partial charge >= 0.3 is 19.8 Å². The molecule has 0 saturated carbocycles. The van der Waals surface area contributed by atoms with Gasteiger partial charge in [-0.05, 0) is 64.2 Å².